The number of rotatable bonds is 10. The second-order valence-corrected chi connectivity index (χ2v) is 9.60. The van der Waals surface area contributed by atoms with E-state index in [1.807, 2.05) is 43.3 Å². The van der Waals surface area contributed by atoms with Gasteiger partial charge in [0.05, 0.1) is 23.9 Å². The summed E-state index contributed by atoms with van der Waals surface area (Å²) in [5.41, 5.74) is 0.685. The van der Waals surface area contributed by atoms with Crippen LogP contribution in [0, 0.1) is 0 Å². The number of carbonyl (C=O) groups excluding carboxylic acids is 1. The van der Waals surface area contributed by atoms with Crippen LogP contribution in [0.5, 0.6) is 11.5 Å². The molecule has 0 spiro atoms. The second-order valence-electron chi connectivity index (χ2n) is 7.05. The lowest BCUT2D eigenvalue weighted by molar-refractivity contribution is -0.118. The van der Waals surface area contributed by atoms with Crippen molar-refractivity contribution in [3.8, 4) is 11.5 Å². The van der Waals surface area contributed by atoms with Crippen LogP contribution in [-0.2, 0) is 4.79 Å². The van der Waals surface area contributed by atoms with E-state index >= 15 is 0 Å². The minimum atomic E-state index is 0.0389. The van der Waals surface area contributed by atoms with Gasteiger partial charge < -0.3 is 14.4 Å². The number of benzene rings is 2. The van der Waals surface area contributed by atoms with E-state index in [4.69, 9.17) is 26.1 Å². The molecule has 31 heavy (non-hydrogen) atoms. The Morgan fingerprint density at radius 1 is 1.10 bits per heavy atom. The summed E-state index contributed by atoms with van der Waals surface area (Å²) in [5, 5.41) is 1.25. The minimum absolute atomic E-state index is 0.0389. The smallest absolute Gasteiger partial charge is 0.229 e. The molecule has 0 saturated carbocycles. The Morgan fingerprint density at radius 2 is 1.84 bits per heavy atom. The number of fused-ring (bicyclic) bond motifs is 1. The molecule has 0 N–H and O–H groups in total. The lowest BCUT2D eigenvalue weighted by Gasteiger charge is -2.22. The monoisotopic (exact) mass is 479 g/mol. The molecule has 3 rings (SSSR count). The molecule has 2 aromatic carbocycles. The van der Waals surface area contributed by atoms with Gasteiger partial charge in [-0.2, -0.15) is 0 Å². The molecule has 0 bridgehead atoms. The van der Waals surface area contributed by atoms with Crippen molar-refractivity contribution in [2.75, 3.05) is 52.1 Å². The van der Waals surface area contributed by atoms with Crippen LogP contribution in [0.2, 0.25) is 5.02 Å². The van der Waals surface area contributed by atoms with Gasteiger partial charge in [0.1, 0.15) is 17.0 Å². The summed E-state index contributed by atoms with van der Waals surface area (Å²) in [5.74, 6) is 2.19. The Labute approximate surface area is 196 Å². The van der Waals surface area contributed by atoms with Crippen molar-refractivity contribution >= 4 is 56.0 Å². The Kier molecular flexibility index (Phi) is 8.43. The molecule has 1 amide bonds. The highest BCUT2D eigenvalue weighted by Crippen LogP contribution is 2.39. The molecule has 0 aliphatic rings. The molecule has 0 aliphatic heterocycles. The van der Waals surface area contributed by atoms with E-state index in [1.165, 1.54) is 11.3 Å². The summed E-state index contributed by atoms with van der Waals surface area (Å²) in [6, 6.07) is 11.4. The predicted molar refractivity (Wildman–Crippen MR) is 130 cm³/mol. The maximum atomic E-state index is 13.1. The highest BCUT2D eigenvalue weighted by molar-refractivity contribution is 7.99. The van der Waals surface area contributed by atoms with Crippen molar-refractivity contribution in [1.82, 2.24) is 9.88 Å². The normalized spacial score (nSPS) is 11.2. The zero-order valence-corrected chi connectivity index (χ0v) is 20.4. The van der Waals surface area contributed by atoms with Gasteiger partial charge in [0.2, 0.25) is 5.91 Å². The van der Waals surface area contributed by atoms with Crippen LogP contribution in [0.15, 0.2) is 41.3 Å². The lowest BCUT2D eigenvalue weighted by atomic mass is 10.3. The van der Waals surface area contributed by atoms with E-state index < -0.39 is 0 Å². The average molecular weight is 480 g/mol. The molecule has 6 nitrogen and oxygen atoms in total. The van der Waals surface area contributed by atoms with E-state index in [9.17, 15) is 4.79 Å². The molecule has 166 valence electrons. The Balaban J connectivity index is 1.75. The van der Waals surface area contributed by atoms with Gasteiger partial charge in [0.15, 0.2) is 5.13 Å². The molecule has 0 aliphatic carbocycles. The van der Waals surface area contributed by atoms with Gasteiger partial charge in [-0.15, -0.1) is 11.8 Å². The third-order valence-corrected chi connectivity index (χ3v) is 7.17. The zero-order chi connectivity index (χ0) is 22.4. The van der Waals surface area contributed by atoms with Crippen LogP contribution in [0.1, 0.15) is 6.42 Å². The summed E-state index contributed by atoms with van der Waals surface area (Å²) >= 11 is 9.44. The van der Waals surface area contributed by atoms with E-state index in [0.717, 1.165) is 21.9 Å². The fourth-order valence-electron chi connectivity index (χ4n) is 2.91. The number of ether oxygens (including phenoxy) is 2. The molecule has 0 saturated heterocycles. The predicted octanol–water partition coefficient (Wildman–Crippen LogP) is 5.04. The first kappa shape index (κ1) is 23.7. The van der Waals surface area contributed by atoms with Crippen LogP contribution in [-0.4, -0.2) is 62.9 Å². The molecular weight excluding hydrogens is 454 g/mol. The van der Waals surface area contributed by atoms with Gasteiger partial charge in [-0.25, -0.2) is 4.98 Å². The van der Waals surface area contributed by atoms with E-state index in [0.29, 0.717) is 40.1 Å². The number of aromatic nitrogens is 1. The summed E-state index contributed by atoms with van der Waals surface area (Å²) in [6.07, 6.45) is 0.408. The zero-order valence-electron chi connectivity index (χ0n) is 18.1. The van der Waals surface area contributed by atoms with Gasteiger partial charge in [-0.1, -0.05) is 22.9 Å². The third kappa shape index (κ3) is 6.04. The highest BCUT2D eigenvalue weighted by atomic mass is 35.5. The first-order valence-corrected chi connectivity index (χ1v) is 12.0. The van der Waals surface area contributed by atoms with Gasteiger partial charge in [-0.3, -0.25) is 9.69 Å². The number of halogens is 1. The van der Waals surface area contributed by atoms with Crippen molar-refractivity contribution < 1.29 is 14.3 Å². The first-order chi connectivity index (χ1) is 14.9. The maximum Gasteiger partial charge on any atom is 0.229 e. The average Bonchev–Trinajstić information content (AvgIpc) is 3.20. The van der Waals surface area contributed by atoms with Crippen LogP contribution in [0.4, 0.5) is 5.13 Å². The van der Waals surface area contributed by atoms with Crippen molar-refractivity contribution in [1.29, 1.82) is 0 Å². The van der Waals surface area contributed by atoms with Gasteiger partial charge in [0, 0.05) is 30.2 Å². The number of thiazole rings is 1. The van der Waals surface area contributed by atoms with Crippen molar-refractivity contribution in [3.05, 3.63) is 41.4 Å². The van der Waals surface area contributed by atoms with Gasteiger partial charge in [-0.05, 0) is 50.5 Å². The Morgan fingerprint density at radius 3 is 2.48 bits per heavy atom. The molecule has 1 heterocycles. The highest BCUT2D eigenvalue weighted by Gasteiger charge is 2.22. The fourth-order valence-corrected chi connectivity index (χ4v) is 5.05. The quantitative estimate of drug-likeness (QED) is 0.379. The Hall–Kier alpha value is -2.00. The maximum absolute atomic E-state index is 13.1. The largest absolute Gasteiger partial charge is 0.497 e. The van der Waals surface area contributed by atoms with Crippen molar-refractivity contribution in [3.63, 3.8) is 0 Å². The molecule has 0 fully saturated rings. The molecule has 0 atom stereocenters. The molecule has 3 aromatic rings. The van der Waals surface area contributed by atoms with Crippen LogP contribution < -0.4 is 14.4 Å². The van der Waals surface area contributed by atoms with E-state index in [2.05, 4.69) is 0 Å². The summed E-state index contributed by atoms with van der Waals surface area (Å²) in [4.78, 5) is 22.8. The number of methoxy groups -OCH3 is 2. The number of likely N-dealkylation sites (N-methyl/N-ethyl adjacent to an activating group) is 1. The van der Waals surface area contributed by atoms with Crippen LogP contribution >= 0.6 is 34.7 Å². The van der Waals surface area contributed by atoms with Gasteiger partial charge in [0.25, 0.3) is 0 Å². The fraction of sp³-hybridized carbons (Fsp3) is 0.364. The molecular formula is C22H26ClN3O3S2. The topological polar surface area (TPSA) is 54.9 Å². The summed E-state index contributed by atoms with van der Waals surface area (Å²) < 4.78 is 11.4. The molecule has 9 heteroatoms. The van der Waals surface area contributed by atoms with Crippen molar-refractivity contribution in [2.24, 2.45) is 0 Å². The number of hydrogen-bond donors (Lipinski definition) is 0. The van der Waals surface area contributed by atoms with Crippen molar-refractivity contribution in [2.45, 2.75) is 11.3 Å². The van der Waals surface area contributed by atoms with Crippen LogP contribution in [0.3, 0.4) is 0 Å². The minimum Gasteiger partial charge on any atom is -0.497 e. The first-order valence-electron chi connectivity index (χ1n) is 9.78. The summed E-state index contributed by atoms with van der Waals surface area (Å²) in [6.45, 7) is 1.29. The Bertz CT molecular complexity index is 1020. The van der Waals surface area contributed by atoms with E-state index in [1.54, 1.807) is 43.0 Å². The van der Waals surface area contributed by atoms with Crippen LogP contribution in [0.25, 0.3) is 10.2 Å². The lowest BCUT2D eigenvalue weighted by Crippen LogP contribution is -2.36. The second kappa shape index (κ2) is 11.0. The number of thioether (sulfide) groups is 1. The number of carbonyl (C=O) groups is 1. The standard InChI is InChI=1S/C22H26ClN3O3S2/c1-25(2)12-13-26(19(27)11-14-30-16-7-5-15(28-3)6-8-16)22-24-20-18(29-4)10-9-17(23)21(20)31-22/h5-10H,11-14H2,1-4H3. The number of amides is 1. The van der Waals surface area contributed by atoms with E-state index in [-0.39, 0.29) is 5.91 Å². The number of hydrogen-bond acceptors (Lipinski definition) is 7. The number of anilines is 1. The molecule has 0 unspecified atom stereocenters. The van der Waals surface area contributed by atoms with Gasteiger partial charge >= 0.3 is 0 Å². The molecule has 1 aromatic heterocycles. The summed E-state index contributed by atoms with van der Waals surface area (Å²) in [7, 11) is 7.22. The third-order valence-electron chi connectivity index (χ3n) is 4.61. The number of nitrogens with zero attached hydrogens (tertiary/aromatic N) is 3. The molecule has 0 radical (unpaired) electrons. The SMILES string of the molecule is COc1ccc(SCCC(=O)N(CCN(C)C)c2nc3c(OC)ccc(Cl)c3s2)cc1.